The van der Waals surface area contributed by atoms with E-state index in [9.17, 15) is 18.0 Å². The highest BCUT2D eigenvalue weighted by molar-refractivity contribution is 7.92. The van der Waals surface area contributed by atoms with Crippen LogP contribution in [0.2, 0.25) is 0 Å². The van der Waals surface area contributed by atoms with Crippen LogP contribution in [0, 0.1) is 12.8 Å². The molecule has 0 radical (unpaired) electrons. The molecule has 0 aliphatic carbocycles. The van der Waals surface area contributed by atoms with Crippen molar-refractivity contribution in [3.8, 4) is 0 Å². The van der Waals surface area contributed by atoms with Gasteiger partial charge >= 0.3 is 5.97 Å². The number of rotatable bonds is 5. The molecule has 0 bridgehead atoms. The lowest BCUT2D eigenvalue weighted by Crippen LogP contribution is -2.51. The van der Waals surface area contributed by atoms with Crippen LogP contribution in [0.25, 0.3) is 0 Å². The average molecular weight is 382 g/mol. The summed E-state index contributed by atoms with van der Waals surface area (Å²) in [4.78, 5) is 26.1. The van der Waals surface area contributed by atoms with Gasteiger partial charge in [0, 0.05) is 13.1 Å². The molecule has 26 heavy (non-hydrogen) atoms. The normalized spacial score (nSPS) is 16.8. The second kappa shape index (κ2) is 8.07. The molecule has 7 nitrogen and oxygen atoms in total. The number of sulfonamides is 1. The fraction of sp³-hybridized carbons (Fsp3) is 0.556. The molecule has 1 aromatic carbocycles. The van der Waals surface area contributed by atoms with Gasteiger partial charge in [-0.2, -0.15) is 0 Å². The zero-order valence-corrected chi connectivity index (χ0v) is 16.5. The van der Waals surface area contributed by atoms with E-state index in [-0.39, 0.29) is 17.8 Å². The highest BCUT2D eigenvalue weighted by Crippen LogP contribution is 2.24. The Labute approximate surface area is 155 Å². The van der Waals surface area contributed by atoms with Gasteiger partial charge in [0.2, 0.25) is 15.9 Å². The number of carbonyl (C=O) groups is 2. The van der Waals surface area contributed by atoms with Crippen LogP contribution in [-0.4, -0.2) is 57.7 Å². The molecule has 2 rings (SSSR count). The Morgan fingerprint density at radius 1 is 1.19 bits per heavy atom. The van der Waals surface area contributed by atoms with Crippen molar-refractivity contribution in [2.45, 2.75) is 32.7 Å². The molecule has 8 heteroatoms. The molecule has 0 N–H and O–H groups in total. The predicted octanol–water partition coefficient (Wildman–Crippen LogP) is 1.56. The number of methoxy groups -OCH3 is 1. The quantitative estimate of drug-likeness (QED) is 0.722. The standard InChI is InChI=1S/C18H26N2O5S/c1-13-5-7-16(8-6-13)20(26(4,23)24)14(2)17(21)19-11-9-15(10-12-19)18(22)25-3/h5-8,14-15H,9-12H2,1-4H3/t14-/m1/s1. The molecule has 1 saturated heterocycles. The second-order valence-electron chi connectivity index (χ2n) is 6.69. The third-order valence-electron chi connectivity index (χ3n) is 4.70. The molecule has 0 spiro atoms. The maximum atomic E-state index is 12.9. The third-order valence-corrected chi connectivity index (χ3v) is 5.94. The number of ether oxygens (including phenoxy) is 1. The molecule has 144 valence electrons. The van der Waals surface area contributed by atoms with E-state index in [0.29, 0.717) is 31.6 Å². The Morgan fingerprint density at radius 2 is 1.73 bits per heavy atom. The van der Waals surface area contributed by atoms with Gasteiger partial charge in [-0.3, -0.25) is 13.9 Å². The van der Waals surface area contributed by atoms with Crippen molar-refractivity contribution >= 4 is 27.6 Å². The minimum atomic E-state index is -3.63. The third kappa shape index (κ3) is 4.55. The van der Waals surface area contributed by atoms with Crippen LogP contribution in [0.1, 0.15) is 25.3 Å². The van der Waals surface area contributed by atoms with E-state index in [1.165, 1.54) is 7.11 Å². The molecule has 1 aliphatic heterocycles. The highest BCUT2D eigenvalue weighted by Gasteiger charge is 2.34. The minimum absolute atomic E-state index is 0.206. The Hall–Kier alpha value is -2.09. The van der Waals surface area contributed by atoms with Crippen LogP contribution in [0.15, 0.2) is 24.3 Å². The molecule has 1 fully saturated rings. The number of esters is 1. The van der Waals surface area contributed by atoms with Gasteiger partial charge in [0.15, 0.2) is 0 Å². The van der Waals surface area contributed by atoms with E-state index >= 15 is 0 Å². The first-order chi connectivity index (χ1) is 12.1. The molecule has 1 aliphatic rings. The van der Waals surface area contributed by atoms with E-state index in [1.807, 2.05) is 19.1 Å². The smallest absolute Gasteiger partial charge is 0.308 e. The molecular formula is C18H26N2O5S. The van der Waals surface area contributed by atoms with Crippen molar-refractivity contribution < 1.29 is 22.7 Å². The maximum absolute atomic E-state index is 12.9. The average Bonchev–Trinajstić information content (AvgIpc) is 2.61. The first kappa shape index (κ1) is 20.2. The number of likely N-dealkylation sites (tertiary alicyclic amines) is 1. The van der Waals surface area contributed by atoms with Crippen molar-refractivity contribution in [3.05, 3.63) is 29.8 Å². The Bertz CT molecular complexity index is 752. The monoisotopic (exact) mass is 382 g/mol. The van der Waals surface area contributed by atoms with Crippen molar-refractivity contribution in [1.29, 1.82) is 0 Å². The summed E-state index contributed by atoms with van der Waals surface area (Å²) in [5.41, 5.74) is 1.47. The van der Waals surface area contributed by atoms with Gasteiger partial charge < -0.3 is 9.64 Å². The van der Waals surface area contributed by atoms with Crippen molar-refractivity contribution in [1.82, 2.24) is 4.90 Å². The van der Waals surface area contributed by atoms with Crippen LogP contribution in [0.5, 0.6) is 0 Å². The van der Waals surface area contributed by atoms with Crippen LogP contribution >= 0.6 is 0 Å². The van der Waals surface area contributed by atoms with Crippen molar-refractivity contribution in [3.63, 3.8) is 0 Å². The van der Waals surface area contributed by atoms with Crippen LogP contribution in [-0.2, 0) is 24.3 Å². The Morgan fingerprint density at radius 3 is 2.19 bits per heavy atom. The molecule has 1 amide bonds. The van der Waals surface area contributed by atoms with Gasteiger partial charge in [0.05, 0.1) is 25.0 Å². The Kier molecular flexibility index (Phi) is 6.28. The van der Waals surface area contributed by atoms with Gasteiger partial charge in [-0.05, 0) is 38.8 Å². The SMILES string of the molecule is COC(=O)C1CCN(C(=O)[C@@H](C)N(c2ccc(C)cc2)S(C)(=O)=O)CC1. The van der Waals surface area contributed by atoms with E-state index in [4.69, 9.17) is 4.74 Å². The number of benzene rings is 1. The lowest BCUT2D eigenvalue weighted by atomic mass is 9.96. The van der Waals surface area contributed by atoms with Gasteiger partial charge in [-0.15, -0.1) is 0 Å². The molecule has 0 saturated carbocycles. The maximum Gasteiger partial charge on any atom is 0.308 e. The van der Waals surface area contributed by atoms with E-state index < -0.39 is 16.1 Å². The summed E-state index contributed by atoms with van der Waals surface area (Å²) in [5, 5.41) is 0. The second-order valence-corrected chi connectivity index (χ2v) is 8.55. The summed E-state index contributed by atoms with van der Waals surface area (Å²) < 4.78 is 30.5. The van der Waals surface area contributed by atoms with Gasteiger partial charge in [-0.25, -0.2) is 8.42 Å². The largest absolute Gasteiger partial charge is 0.469 e. The highest BCUT2D eigenvalue weighted by atomic mass is 32.2. The summed E-state index contributed by atoms with van der Waals surface area (Å²) >= 11 is 0. The van der Waals surface area contributed by atoms with Gasteiger partial charge in [-0.1, -0.05) is 17.7 Å². The van der Waals surface area contributed by atoms with Crippen LogP contribution in [0.3, 0.4) is 0 Å². The summed E-state index contributed by atoms with van der Waals surface area (Å²) in [6, 6.07) is 6.16. The van der Waals surface area contributed by atoms with Gasteiger partial charge in [0.25, 0.3) is 0 Å². The van der Waals surface area contributed by atoms with Crippen LogP contribution < -0.4 is 4.31 Å². The van der Waals surface area contributed by atoms with E-state index in [1.54, 1.807) is 24.0 Å². The van der Waals surface area contributed by atoms with E-state index in [0.717, 1.165) is 16.1 Å². The molecule has 1 atom stereocenters. The summed E-state index contributed by atoms with van der Waals surface area (Å²) in [6.45, 7) is 4.33. The lowest BCUT2D eigenvalue weighted by Gasteiger charge is -2.36. The first-order valence-electron chi connectivity index (χ1n) is 8.58. The zero-order chi connectivity index (χ0) is 19.5. The predicted molar refractivity (Wildman–Crippen MR) is 99.3 cm³/mol. The Balaban J connectivity index is 2.16. The minimum Gasteiger partial charge on any atom is -0.469 e. The number of carbonyl (C=O) groups excluding carboxylic acids is 2. The summed E-state index contributed by atoms with van der Waals surface area (Å²) in [6.07, 6.45) is 2.14. The van der Waals surface area contributed by atoms with Crippen molar-refractivity contribution in [2.75, 3.05) is 30.8 Å². The number of amides is 1. The first-order valence-corrected chi connectivity index (χ1v) is 10.4. The topological polar surface area (TPSA) is 84.0 Å². The molecule has 1 heterocycles. The fourth-order valence-electron chi connectivity index (χ4n) is 3.26. The van der Waals surface area contributed by atoms with Crippen molar-refractivity contribution in [2.24, 2.45) is 5.92 Å². The molecule has 0 unspecified atom stereocenters. The molecule has 1 aromatic rings. The number of hydrogen-bond acceptors (Lipinski definition) is 5. The summed E-state index contributed by atoms with van der Waals surface area (Å²) in [5.74, 6) is -0.732. The molecular weight excluding hydrogens is 356 g/mol. The molecule has 0 aromatic heterocycles. The number of nitrogens with zero attached hydrogens (tertiary/aromatic N) is 2. The van der Waals surface area contributed by atoms with E-state index in [2.05, 4.69) is 0 Å². The fourth-order valence-corrected chi connectivity index (χ4v) is 4.43. The van der Waals surface area contributed by atoms with Gasteiger partial charge in [0.1, 0.15) is 6.04 Å². The zero-order valence-electron chi connectivity index (χ0n) is 15.6. The summed E-state index contributed by atoms with van der Waals surface area (Å²) in [7, 11) is -2.28. The number of aryl methyl sites for hydroxylation is 1. The lowest BCUT2D eigenvalue weighted by molar-refractivity contribution is -0.149. The number of anilines is 1. The number of piperidine rings is 1. The number of hydrogen-bond donors (Lipinski definition) is 0. The van der Waals surface area contributed by atoms with Crippen LogP contribution in [0.4, 0.5) is 5.69 Å².